The second-order valence-electron chi connectivity index (χ2n) is 4.52. The Morgan fingerprint density at radius 3 is 2.80 bits per heavy atom. The molecule has 0 saturated carbocycles. The van der Waals surface area contributed by atoms with Gasteiger partial charge >= 0.3 is 0 Å². The summed E-state index contributed by atoms with van der Waals surface area (Å²) in [4.78, 5) is 13.7. The molecule has 0 radical (unpaired) electrons. The minimum Gasteiger partial charge on any atom is -0.507 e. The molecule has 0 bridgehead atoms. The third-order valence-corrected chi connectivity index (χ3v) is 5.91. The molecule has 110 valence electrons. The van der Waals surface area contributed by atoms with Gasteiger partial charge in [-0.05, 0) is 18.2 Å². The molecular formula is C12H14ClNO4S2. The quantitative estimate of drug-likeness (QED) is 0.888. The van der Waals surface area contributed by atoms with Crippen LogP contribution in [0.5, 0.6) is 5.75 Å². The lowest BCUT2D eigenvalue weighted by atomic mass is 10.1. The molecule has 1 aliphatic rings. The summed E-state index contributed by atoms with van der Waals surface area (Å²) in [6, 6.07) is 4.16. The number of phenolic OH excluding ortho intramolecular Hbond substituents is 1. The zero-order valence-corrected chi connectivity index (χ0v) is 13.1. The summed E-state index contributed by atoms with van der Waals surface area (Å²) in [5.74, 6) is 0.285. The number of carbonyl (C=O) groups excluding carboxylic acids is 1. The highest BCUT2D eigenvalue weighted by Gasteiger charge is 2.35. The normalized spacial score (nSPS) is 19.9. The second-order valence-corrected chi connectivity index (χ2v) is 8.31. The molecule has 0 aliphatic carbocycles. The van der Waals surface area contributed by atoms with Crippen molar-refractivity contribution in [2.75, 3.05) is 24.3 Å². The van der Waals surface area contributed by atoms with E-state index in [9.17, 15) is 18.3 Å². The van der Waals surface area contributed by atoms with E-state index in [2.05, 4.69) is 0 Å². The molecule has 1 atom stereocenters. The van der Waals surface area contributed by atoms with Crippen molar-refractivity contribution in [2.45, 2.75) is 5.37 Å². The Balaban J connectivity index is 2.35. The van der Waals surface area contributed by atoms with Crippen LogP contribution in [0.1, 0.15) is 10.4 Å². The first-order chi connectivity index (χ1) is 9.30. The lowest BCUT2D eigenvalue weighted by Crippen LogP contribution is -2.49. The number of carbonyl (C=O) groups is 1. The van der Waals surface area contributed by atoms with Crippen molar-refractivity contribution in [3.63, 3.8) is 0 Å². The smallest absolute Gasteiger partial charge is 0.258 e. The third kappa shape index (κ3) is 3.21. The van der Waals surface area contributed by atoms with E-state index in [4.69, 9.17) is 11.6 Å². The van der Waals surface area contributed by atoms with E-state index in [1.165, 1.54) is 34.9 Å². The fourth-order valence-corrected chi connectivity index (χ4v) is 4.99. The van der Waals surface area contributed by atoms with Crippen LogP contribution in [0.3, 0.4) is 0 Å². The van der Waals surface area contributed by atoms with E-state index in [0.29, 0.717) is 23.1 Å². The first-order valence-corrected chi connectivity index (χ1v) is 9.35. The summed E-state index contributed by atoms with van der Waals surface area (Å²) in [7, 11) is -3.37. The van der Waals surface area contributed by atoms with Crippen molar-refractivity contribution in [1.82, 2.24) is 4.90 Å². The van der Waals surface area contributed by atoms with Crippen LogP contribution >= 0.6 is 23.4 Å². The van der Waals surface area contributed by atoms with Gasteiger partial charge in [-0.1, -0.05) is 11.6 Å². The van der Waals surface area contributed by atoms with Crippen LogP contribution in [-0.4, -0.2) is 54.0 Å². The highest BCUT2D eigenvalue weighted by molar-refractivity contribution is 8.00. The molecule has 5 nitrogen and oxygen atoms in total. The monoisotopic (exact) mass is 335 g/mol. The van der Waals surface area contributed by atoms with Gasteiger partial charge in [0.15, 0.2) is 9.84 Å². The topological polar surface area (TPSA) is 74.7 Å². The van der Waals surface area contributed by atoms with E-state index in [0.717, 1.165) is 6.26 Å². The highest BCUT2D eigenvalue weighted by atomic mass is 35.5. The summed E-state index contributed by atoms with van der Waals surface area (Å²) in [5.41, 5.74) is 0.0648. The maximum Gasteiger partial charge on any atom is 0.258 e. The van der Waals surface area contributed by atoms with Crippen LogP contribution in [0.2, 0.25) is 5.02 Å². The van der Waals surface area contributed by atoms with Gasteiger partial charge in [0.25, 0.3) is 5.91 Å². The number of benzene rings is 1. The number of phenols is 1. The van der Waals surface area contributed by atoms with Crippen molar-refractivity contribution in [3.05, 3.63) is 28.8 Å². The van der Waals surface area contributed by atoms with Crippen LogP contribution in [-0.2, 0) is 9.84 Å². The number of thioether (sulfide) groups is 1. The maximum atomic E-state index is 12.4. The van der Waals surface area contributed by atoms with Crippen LogP contribution in [0.4, 0.5) is 0 Å². The summed E-state index contributed by atoms with van der Waals surface area (Å²) >= 11 is 7.22. The van der Waals surface area contributed by atoms with Gasteiger partial charge in [0.05, 0.1) is 5.56 Å². The van der Waals surface area contributed by atoms with Gasteiger partial charge < -0.3 is 10.0 Å². The molecule has 1 heterocycles. The molecule has 1 aromatic carbocycles. The van der Waals surface area contributed by atoms with Crippen LogP contribution < -0.4 is 0 Å². The number of aromatic hydroxyl groups is 1. The molecule has 2 rings (SSSR count). The van der Waals surface area contributed by atoms with Crippen molar-refractivity contribution in [3.8, 4) is 5.75 Å². The summed E-state index contributed by atoms with van der Waals surface area (Å²) in [6.45, 7) is 0.337. The number of amides is 1. The fraction of sp³-hybridized carbons (Fsp3) is 0.417. The van der Waals surface area contributed by atoms with Crippen molar-refractivity contribution in [2.24, 2.45) is 0 Å². The zero-order chi connectivity index (χ0) is 14.9. The van der Waals surface area contributed by atoms with Crippen molar-refractivity contribution in [1.29, 1.82) is 0 Å². The van der Waals surface area contributed by atoms with E-state index in [1.54, 1.807) is 0 Å². The third-order valence-electron chi connectivity index (χ3n) is 3.03. The van der Waals surface area contributed by atoms with E-state index in [-0.39, 0.29) is 11.3 Å². The lowest BCUT2D eigenvalue weighted by Gasteiger charge is -2.34. The molecule has 1 aromatic rings. The zero-order valence-electron chi connectivity index (χ0n) is 10.7. The summed E-state index contributed by atoms with van der Waals surface area (Å²) in [5, 5.41) is 9.25. The van der Waals surface area contributed by atoms with Crippen molar-refractivity contribution >= 4 is 39.1 Å². The Morgan fingerprint density at radius 2 is 2.20 bits per heavy atom. The highest BCUT2D eigenvalue weighted by Crippen LogP contribution is 2.27. The minimum atomic E-state index is -3.37. The summed E-state index contributed by atoms with van der Waals surface area (Å²) < 4.78 is 23.6. The fourth-order valence-electron chi connectivity index (χ4n) is 2.01. The van der Waals surface area contributed by atoms with Gasteiger partial charge in [-0.2, -0.15) is 11.8 Å². The number of hydrogen-bond donors (Lipinski definition) is 1. The predicted octanol–water partition coefficient (Wildman–Crippen LogP) is 1.61. The van der Waals surface area contributed by atoms with Crippen LogP contribution in [0.25, 0.3) is 0 Å². The van der Waals surface area contributed by atoms with Crippen LogP contribution in [0, 0.1) is 0 Å². The molecule has 1 unspecified atom stereocenters. The first kappa shape index (κ1) is 15.5. The Labute approximate surface area is 126 Å². The number of nitrogens with zero attached hydrogens (tertiary/aromatic N) is 1. The molecule has 8 heteroatoms. The summed E-state index contributed by atoms with van der Waals surface area (Å²) in [6.07, 6.45) is 1.12. The van der Waals surface area contributed by atoms with Crippen molar-refractivity contribution < 1.29 is 18.3 Å². The number of rotatable bonds is 2. The maximum absolute atomic E-state index is 12.4. The minimum absolute atomic E-state index is 0.0648. The Kier molecular flexibility index (Phi) is 4.51. The average molecular weight is 336 g/mol. The predicted molar refractivity (Wildman–Crippen MR) is 80.1 cm³/mol. The Morgan fingerprint density at radius 1 is 1.50 bits per heavy atom. The van der Waals surface area contributed by atoms with Gasteiger partial charge in [-0.15, -0.1) is 0 Å². The van der Waals surface area contributed by atoms with E-state index in [1.807, 2.05) is 0 Å². The SMILES string of the molecule is CS(=O)(=O)C1CSCCN1C(=O)c1ccc(Cl)cc1O. The van der Waals surface area contributed by atoms with Gasteiger partial charge in [0.1, 0.15) is 11.1 Å². The molecule has 20 heavy (non-hydrogen) atoms. The standard InChI is InChI=1S/C12H14ClNO4S2/c1-20(17,18)11-7-19-5-4-14(11)12(16)9-3-2-8(13)6-10(9)15/h2-3,6,11,15H,4-5,7H2,1H3. The second kappa shape index (κ2) is 5.83. The molecular weight excluding hydrogens is 322 g/mol. The van der Waals surface area contributed by atoms with E-state index < -0.39 is 21.1 Å². The van der Waals surface area contributed by atoms with Gasteiger partial charge in [0.2, 0.25) is 0 Å². The van der Waals surface area contributed by atoms with E-state index >= 15 is 0 Å². The van der Waals surface area contributed by atoms with Gasteiger partial charge in [-0.25, -0.2) is 8.42 Å². The van der Waals surface area contributed by atoms with Gasteiger partial charge in [-0.3, -0.25) is 4.79 Å². The largest absolute Gasteiger partial charge is 0.507 e. The number of halogens is 1. The Bertz CT molecular complexity index is 632. The number of hydrogen-bond acceptors (Lipinski definition) is 5. The molecule has 0 aromatic heterocycles. The first-order valence-electron chi connectivity index (χ1n) is 5.87. The molecule has 1 fully saturated rings. The molecule has 1 amide bonds. The Hall–Kier alpha value is -0.920. The molecule has 1 N–H and O–H groups in total. The lowest BCUT2D eigenvalue weighted by molar-refractivity contribution is 0.0746. The van der Waals surface area contributed by atoms with Gasteiger partial charge in [0, 0.05) is 29.3 Å². The average Bonchev–Trinajstić information content (AvgIpc) is 2.37. The molecule has 1 saturated heterocycles. The number of sulfone groups is 1. The van der Waals surface area contributed by atoms with Crippen LogP contribution in [0.15, 0.2) is 18.2 Å². The molecule has 0 spiro atoms. The molecule has 1 aliphatic heterocycles.